The van der Waals surface area contributed by atoms with E-state index in [1.807, 2.05) is 0 Å². The molecule has 1 aromatic rings. The molecule has 0 amide bonds. The van der Waals surface area contributed by atoms with Crippen LogP contribution in [-0.2, 0) is 4.37 Å². The van der Waals surface area contributed by atoms with E-state index in [2.05, 4.69) is 51.1 Å². The minimum atomic E-state index is -1.91. The van der Waals surface area contributed by atoms with Crippen LogP contribution in [0.5, 0.6) is 0 Å². The molecular formula is C25H47OSb. The summed E-state index contributed by atoms with van der Waals surface area (Å²) in [5, 5.41) is 0. The first-order valence-electron chi connectivity index (χ1n) is 11.7. The van der Waals surface area contributed by atoms with Crippen molar-refractivity contribution in [1.82, 2.24) is 0 Å². The molecule has 0 aliphatic rings. The summed E-state index contributed by atoms with van der Waals surface area (Å²) in [4.78, 5) is 0. The second-order valence-electron chi connectivity index (χ2n) is 8.34. The molecule has 158 valence electrons. The molecule has 0 saturated carbocycles. The van der Waals surface area contributed by atoms with Crippen LogP contribution in [0, 0.1) is 0 Å². The molecule has 0 atom stereocenters. The van der Waals surface area contributed by atoms with Gasteiger partial charge in [0, 0.05) is 0 Å². The van der Waals surface area contributed by atoms with Gasteiger partial charge >= 0.3 is 170 Å². The van der Waals surface area contributed by atoms with Gasteiger partial charge in [-0.3, -0.25) is 0 Å². The van der Waals surface area contributed by atoms with Gasteiger partial charge in [0.05, 0.1) is 0 Å². The quantitative estimate of drug-likeness (QED) is 0.160. The van der Waals surface area contributed by atoms with E-state index in [0.717, 1.165) is 0 Å². The Hall–Kier alpha value is -0.00182. The van der Waals surface area contributed by atoms with E-state index in [4.69, 9.17) is 0 Å². The maximum Gasteiger partial charge on any atom is -0.870 e. The van der Waals surface area contributed by atoms with Crippen molar-refractivity contribution in [3.8, 4) is 0 Å². The van der Waals surface area contributed by atoms with Gasteiger partial charge in [-0.15, -0.1) is 0 Å². The number of hydrogen-bond donors (Lipinski definition) is 0. The third-order valence-corrected chi connectivity index (χ3v) is 19.6. The van der Waals surface area contributed by atoms with Crippen LogP contribution in [0.25, 0.3) is 0 Å². The summed E-state index contributed by atoms with van der Waals surface area (Å²) in [6, 6.07) is 11.5. The number of rotatable bonds is 17. The van der Waals surface area contributed by atoms with Crippen molar-refractivity contribution in [2.75, 3.05) is 0 Å². The molecule has 0 radical (unpaired) electrons. The van der Waals surface area contributed by atoms with E-state index in [1.165, 1.54) is 81.4 Å². The molecule has 1 rings (SSSR count). The average Bonchev–Trinajstić information content (AvgIpc) is 2.67. The van der Waals surface area contributed by atoms with Crippen LogP contribution in [0.4, 0.5) is 0 Å². The van der Waals surface area contributed by atoms with E-state index in [0.29, 0.717) is 0 Å². The van der Waals surface area contributed by atoms with Crippen LogP contribution >= 0.6 is 0 Å². The van der Waals surface area contributed by atoms with Gasteiger partial charge in [-0.25, -0.2) is 0 Å². The third kappa shape index (κ3) is 13.0. The summed E-state index contributed by atoms with van der Waals surface area (Å²) < 4.78 is 6.39. The van der Waals surface area contributed by atoms with E-state index in [9.17, 15) is 0 Å². The monoisotopic (exact) mass is 484 g/mol. The van der Waals surface area contributed by atoms with Crippen molar-refractivity contribution in [2.24, 2.45) is 0 Å². The van der Waals surface area contributed by atoms with E-state index < -0.39 is 18.8 Å². The van der Waals surface area contributed by atoms with Crippen LogP contribution < -0.4 is 0 Å². The molecule has 2 heteroatoms. The Bertz CT molecular complexity index is 410. The number of hydrogen-bond acceptors (Lipinski definition) is 1. The van der Waals surface area contributed by atoms with E-state index >= 15 is 0 Å². The van der Waals surface area contributed by atoms with Gasteiger partial charge < -0.3 is 5.48 Å². The Morgan fingerprint density at radius 1 is 0.556 bits per heavy atom. The second-order valence-corrected chi connectivity index (χ2v) is 20.7. The van der Waals surface area contributed by atoms with Gasteiger partial charge in [0.15, 0.2) is 0 Å². The smallest absolute Gasteiger partial charge is 0.870 e. The fourth-order valence-corrected chi connectivity index (χ4v) is 18.4. The molecule has 1 nitrogen and oxygen atoms in total. The molecule has 0 bridgehead atoms. The number of benzene rings is 1. The van der Waals surface area contributed by atoms with Gasteiger partial charge in [-0.1, -0.05) is 0 Å². The zero-order chi connectivity index (χ0) is 18.9. The Morgan fingerprint density at radius 2 is 1.00 bits per heavy atom. The summed E-state index contributed by atoms with van der Waals surface area (Å²) >= 11 is -1.91. The standard InChI is InChI=1S/C10H21.C7H7.2C4H9.H2O.Sb/c1-3-5-7-9-10-8-6-4-2;1-7-5-3-2-4-6-7;2*1-3-4-2;;/h1,3-10H2,2H3;2-6H,1H2;2*1,3-4H2,2H3;1H2;/q;;;;;+1/p-1. The predicted molar refractivity (Wildman–Crippen MR) is 125 cm³/mol. The molecule has 0 aliphatic heterocycles. The minimum Gasteiger partial charge on any atom is -0.870 e. The fourth-order valence-electron chi connectivity index (χ4n) is 4.11. The Labute approximate surface area is 175 Å². The maximum absolute atomic E-state index is 2.40. The summed E-state index contributed by atoms with van der Waals surface area (Å²) in [7, 11) is 0. The Balaban J connectivity index is 0.00000676. The molecule has 0 spiro atoms. The van der Waals surface area contributed by atoms with Crippen LogP contribution in [0.2, 0.25) is 13.1 Å². The second kappa shape index (κ2) is 18.1. The first-order valence-corrected chi connectivity index (χ1v) is 18.9. The van der Waals surface area contributed by atoms with Crippen molar-refractivity contribution in [3.63, 3.8) is 0 Å². The molecule has 0 fully saturated rings. The molecule has 0 heterocycles. The summed E-state index contributed by atoms with van der Waals surface area (Å²) in [6.07, 6.45) is 17.4. The number of unbranched alkanes of at least 4 members (excludes halogenated alkanes) is 9. The van der Waals surface area contributed by atoms with Crippen molar-refractivity contribution in [3.05, 3.63) is 35.9 Å². The molecule has 1 aromatic carbocycles. The van der Waals surface area contributed by atoms with Crippen molar-refractivity contribution < 1.29 is 5.48 Å². The SMILES string of the molecule is CCCCCCCCC[CH2][Sb+]([CH2]CCC)([CH2]CCC)[CH2]c1ccccc1.[OH-]. The first-order chi connectivity index (χ1) is 12.8. The minimum absolute atomic E-state index is 0. The summed E-state index contributed by atoms with van der Waals surface area (Å²) in [5.74, 6) is 0. The Kier molecular flexibility index (Phi) is 18.1. The topological polar surface area (TPSA) is 30.0 Å². The first kappa shape index (κ1) is 27.0. The maximum atomic E-state index is 2.40. The third-order valence-electron chi connectivity index (χ3n) is 5.82. The van der Waals surface area contributed by atoms with Crippen LogP contribution in [0.1, 0.15) is 103 Å². The van der Waals surface area contributed by atoms with Crippen LogP contribution in [0.3, 0.4) is 0 Å². The fraction of sp³-hybridized carbons (Fsp3) is 0.760. The predicted octanol–water partition coefficient (Wildman–Crippen LogP) is 8.78. The van der Waals surface area contributed by atoms with Gasteiger partial charge in [-0.05, 0) is 0 Å². The molecule has 0 aliphatic carbocycles. The Morgan fingerprint density at radius 3 is 1.52 bits per heavy atom. The normalized spacial score (nSPS) is 11.4. The van der Waals surface area contributed by atoms with Crippen LogP contribution in [-0.4, -0.2) is 24.3 Å². The zero-order valence-corrected chi connectivity index (χ0v) is 21.1. The van der Waals surface area contributed by atoms with E-state index in [-0.39, 0.29) is 5.48 Å². The van der Waals surface area contributed by atoms with E-state index in [1.54, 1.807) is 18.7 Å². The van der Waals surface area contributed by atoms with Gasteiger partial charge in [0.1, 0.15) is 0 Å². The molecule has 27 heavy (non-hydrogen) atoms. The van der Waals surface area contributed by atoms with Crippen molar-refractivity contribution >= 4 is 18.8 Å². The zero-order valence-electron chi connectivity index (χ0n) is 18.6. The van der Waals surface area contributed by atoms with Gasteiger partial charge in [0.2, 0.25) is 0 Å². The average molecular weight is 485 g/mol. The molecule has 0 unspecified atom stereocenters. The largest absolute Gasteiger partial charge is 0.870 e. The van der Waals surface area contributed by atoms with Crippen LogP contribution in [0.15, 0.2) is 30.3 Å². The van der Waals surface area contributed by atoms with Crippen molar-refractivity contribution in [1.29, 1.82) is 0 Å². The molecule has 1 N–H and O–H groups in total. The molecule has 0 aromatic heterocycles. The summed E-state index contributed by atoms with van der Waals surface area (Å²) in [5.41, 5.74) is 1.64. The van der Waals surface area contributed by atoms with Gasteiger partial charge in [-0.2, -0.15) is 0 Å². The molecular weight excluding hydrogens is 438 g/mol. The van der Waals surface area contributed by atoms with Gasteiger partial charge in [0.25, 0.3) is 0 Å². The van der Waals surface area contributed by atoms with Crippen molar-refractivity contribution in [2.45, 2.75) is 115 Å². The summed E-state index contributed by atoms with van der Waals surface area (Å²) in [6.45, 7) is 7.08. The molecule has 0 saturated heterocycles.